The molecule has 0 fully saturated rings. The number of H-pyrrole nitrogens is 2. The van der Waals surface area contributed by atoms with Gasteiger partial charge < -0.3 is 4.98 Å². The molecular weight excluding hydrogens is 276 g/mol. The number of hydrogen-bond donors (Lipinski definition) is 2. The average Bonchev–Trinajstić information content (AvgIpc) is 2.66. The van der Waals surface area contributed by atoms with Crippen LogP contribution in [0.4, 0.5) is 0 Å². The van der Waals surface area contributed by atoms with Crippen LogP contribution in [-0.2, 0) is 0 Å². The molecule has 0 amide bonds. The summed E-state index contributed by atoms with van der Waals surface area (Å²) < 4.78 is 0.370. The van der Waals surface area contributed by atoms with Gasteiger partial charge in [-0.05, 0) is 31.6 Å². The van der Waals surface area contributed by atoms with Crippen LogP contribution in [0.5, 0.6) is 0 Å². The molecule has 96 valence electrons. The number of aryl methyl sites for hydroxylation is 2. The fourth-order valence-electron chi connectivity index (χ4n) is 2.22. The number of benzene rings is 1. The molecule has 0 aliphatic carbocycles. The third kappa shape index (κ3) is 2.05. The Hall–Kier alpha value is -1.72. The molecule has 3 nitrogen and oxygen atoms in total. The number of hydrogen-bond acceptors (Lipinski definition) is 3. The smallest absolute Gasteiger partial charge is 0.261 e. The molecule has 19 heavy (non-hydrogen) atoms. The molecule has 2 N–H and O–H groups in total. The second-order valence-electron chi connectivity index (χ2n) is 4.51. The molecule has 1 aromatic carbocycles. The number of aromatic nitrogens is 2. The Kier molecular flexibility index (Phi) is 2.88. The maximum Gasteiger partial charge on any atom is 0.261 e. The Morgan fingerprint density at radius 2 is 1.79 bits per heavy atom. The highest BCUT2D eigenvalue weighted by atomic mass is 32.1. The van der Waals surface area contributed by atoms with Crippen LogP contribution in [0, 0.1) is 18.6 Å². The average molecular weight is 288 g/mol. The van der Waals surface area contributed by atoms with E-state index in [0.29, 0.717) is 10.2 Å². The summed E-state index contributed by atoms with van der Waals surface area (Å²) in [7, 11) is 0. The zero-order valence-electron chi connectivity index (χ0n) is 10.5. The van der Waals surface area contributed by atoms with E-state index in [1.54, 1.807) is 11.3 Å². The monoisotopic (exact) mass is 288 g/mol. The molecule has 0 aliphatic heterocycles. The molecule has 0 atom stereocenters. The van der Waals surface area contributed by atoms with E-state index in [2.05, 4.69) is 22.1 Å². The SMILES string of the molecule is Cc1ccc(-c2c(C)sc3[nH]c(=S)[nH]c(=O)c23)cc1. The molecule has 0 saturated carbocycles. The third-order valence-corrected chi connectivity index (χ3v) is 4.33. The maximum atomic E-state index is 12.1. The Balaban J connectivity index is 2.41. The van der Waals surface area contributed by atoms with Crippen molar-refractivity contribution >= 4 is 33.8 Å². The fraction of sp³-hybridized carbons (Fsp3) is 0.143. The van der Waals surface area contributed by atoms with Crippen molar-refractivity contribution in [3.05, 3.63) is 49.8 Å². The largest absolute Gasteiger partial charge is 0.323 e. The molecular formula is C14H12N2OS2. The van der Waals surface area contributed by atoms with Crippen molar-refractivity contribution in [1.82, 2.24) is 9.97 Å². The van der Waals surface area contributed by atoms with E-state index in [1.165, 1.54) is 5.56 Å². The van der Waals surface area contributed by atoms with E-state index in [0.717, 1.165) is 20.8 Å². The molecule has 3 rings (SSSR count). The van der Waals surface area contributed by atoms with E-state index in [-0.39, 0.29) is 5.56 Å². The summed E-state index contributed by atoms with van der Waals surface area (Å²) in [5.74, 6) is 0. The Morgan fingerprint density at radius 1 is 1.11 bits per heavy atom. The lowest BCUT2D eigenvalue weighted by Crippen LogP contribution is -2.07. The van der Waals surface area contributed by atoms with Crippen molar-refractivity contribution in [2.45, 2.75) is 13.8 Å². The summed E-state index contributed by atoms with van der Waals surface area (Å²) in [6, 6.07) is 8.20. The predicted octanol–water partition coefficient (Wildman–Crippen LogP) is 3.93. The first-order valence-corrected chi connectivity index (χ1v) is 7.11. The van der Waals surface area contributed by atoms with Crippen molar-refractivity contribution in [2.24, 2.45) is 0 Å². The Morgan fingerprint density at radius 3 is 2.47 bits per heavy atom. The summed E-state index contributed by atoms with van der Waals surface area (Å²) in [6.45, 7) is 4.07. The van der Waals surface area contributed by atoms with Crippen molar-refractivity contribution in [1.29, 1.82) is 0 Å². The van der Waals surface area contributed by atoms with Gasteiger partial charge in [0.15, 0.2) is 4.77 Å². The highest BCUT2D eigenvalue weighted by Gasteiger charge is 2.14. The normalized spacial score (nSPS) is 11.1. The van der Waals surface area contributed by atoms with Gasteiger partial charge in [0, 0.05) is 10.4 Å². The second kappa shape index (κ2) is 4.43. The summed E-state index contributed by atoms with van der Waals surface area (Å²) in [5.41, 5.74) is 3.13. The molecule has 2 heterocycles. The summed E-state index contributed by atoms with van der Waals surface area (Å²) in [4.78, 5) is 19.8. The molecule has 2 aromatic heterocycles. The minimum Gasteiger partial charge on any atom is -0.323 e. The predicted molar refractivity (Wildman–Crippen MR) is 82.5 cm³/mol. The van der Waals surface area contributed by atoms with Crippen LogP contribution in [0.15, 0.2) is 29.1 Å². The zero-order chi connectivity index (χ0) is 13.6. The number of thiophene rings is 1. The van der Waals surface area contributed by atoms with Crippen molar-refractivity contribution < 1.29 is 0 Å². The van der Waals surface area contributed by atoms with Crippen molar-refractivity contribution in [3.63, 3.8) is 0 Å². The van der Waals surface area contributed by atoms with Gasteiger partial charge in [-0.1, -0.05) is 29.8 Å². The van der Waals surface area contributed by atoms with Crippen LogP contribution < -0.4 is 5.56 Å². The van der Waals surface area contributed by atoms with Gasteiger partial charge in [0.1, 0.15) is 4.83 Å². The lowest BCUT2D eigenvalue weighted by atomic mass is 10.0. The van der Waals surface area contributed by atoms with Gasteiger partial charge in [-0.2, -0.15) is 0 Å². The molecule has 3 aromatic rings. The highest BCUT2D eigenvalue weighted by Crippen LogP contribution is 2.35. The van der Waals surface area contributed by atoms with Gasteiger partial charge in [0.05, 0.1) is 5.39 Å². The Labute approximate surface area is 119 Å². The van der Waals surface area contributed by atoms with Gasteiger partial charge in [0.2, 0.25) is 0 Å². The summed E-state index contributed by atoms with van der Waals surface area (Å²) in [6.07, 6.45) is 0. The number of rotatable bonds is 1. The Bertz CT molecular complexity index is 869. The topological polar surface area (TPSA) is 48.6 Å². The van der Waals surface area contributed by atoms with E-state index in [4.69, 9.17) is 12.2 Å². The summed E-state index contributed by atoms with van der Waals surface area (Å²) >= 11 is 6.57. The van der Waals surface area contributed by atoms with Gasteiger partial charge >= 0.3 is 0 Å². The van der Waals surface area contributed by atoms with Crippen LogP contribution in [0.3, 0.4) is 0 Å². The standard InChI is InChI=1S/C14H12N2OS2/c1-7-3-5-9(6-4-7)10-8(2)19-13-11(10)12(17)15-14(18)16-13/h3-6H,1-2H3,(H2,15,16,17,18). The zero-order valence-corrected chi connectivity index (χ0v) is 12.2. The molecule has 0 spiro atoms. The fourth-order valence-corrected chi connectivity index (χ4v) is 3.55. The minimum absolute atomic E-state index is 0.126. The van der Waals surface area contributed by atoms with Crippen LogP contribution in [0.25, 0.3) is 21.3 Å². The molecule has 0 saturated heterocycles. The lowest BCUT2D eigenvalue weighted by molar-refractivity contribution is 1.15. The maximum absolute atomic E-state index is 12.1. The van der Waals surface area contributed by atoms with Crippen LogP contribution in [0.1, 0.15) is 10.4 Å². The van der Waals surface area contributed by atoms with Crippen molar-refractivity contribution in [2.75, 3.05) is 0 Å². The quantitative estimate of drug-likeness (QED) is 0.666. The number of nitrogens with one attached hydrogen (secondary N) is 2. The van der Waals surface area contributed by atoms with E-state index in [9.17, 15) is 4.79 Å². The van der Waals surface area contributed by atoms with Gasteiger partial charge in [-0.15, -0.1) is 11.3 Å². The van der Waals surface area contributed by atoms with Crippen LogP contribution in [0.2, 0.25) is 0 Å². The molecule has 0 unspecified atom stereocenters. The lowest BCUT2D eigenvalue weighted by Gasteiger charge is -2.02. The summed E-state index contributed by atoms with van der Waals surface area (Å²) in [5, 5.41) is 0.694. The van der Waals surface area contributed by atoms with E-state index in [1.807, 2.05) is 26.0 Å². The first kappa shape index (κ1) is 12.3. The molecule has 0 aliphatic rings. The first-order chi connectivity index (χ1) is 9.06. The second-order valence-corrected chi connectivity index (χ2v) is 6.14. The minimum atomic E-state index is -0.126. The van der Waals surface area contributed by atoms with Gasteiger partial charge in [-0.25, -0.2) is 0 Å². The first-order valence-electron chi connectivity index (χ1n) is 5.89. The van der Waals surface area contributed by atoms with E-state index < -0.39 is 0 Å². The van der Waals surface area contributed by atoms with Gasteiger partial charge in [0.25, 0.3) is 5.56 Å². The number of fused-ring (bicyclic) bond motifs is 1. The third-order valence-electron chi connectivity index (χ3n) is 3.11. The van der Waals surface area contributed by atoms with Gasteiger partial charge in [-0.3, -0.25) is 9.78 Å². The highest BCUT2D eigenvalue weighted by molar-refractivity contribution is 7.71. The molecule has 0 radical (unpaired) electrons. The van der Waals surface area contributed by atoms with Crippen LogP contribution in [-0.4, -0.2) is 9.97 Å². The van der Waals surface area contributed by atoms with Crippen LogP contribution >= 0.6 is 23.6 Å². The van der Waals surface area contributed by atoms with Crippen molar-refractivity contribution in [3.8, 4) is 11.1 Å². The van der Waals surface area contributed by atoms with E-state index >= 15 is 0 Å². The molecule has 5 heteroatoms. The number of aromatic amines is 2. The molecule has 0 bridgehead atoms.